The number of benzene rings is 3. The SMILES string of the molecule is Cc1ccc(C)c(Nc2ccc(Nc3cccc(C)c3C)cc2)c1. The van der Waals surface area contributed by atoms with E-state index in [9.17, 15) is 0 Å². The van der Waals surface area contributed by atoms with Crippen LogP contribution in [0.5, 0.6) is 0 Å². The van der Waals surface area contributed by atoms with Gasteiger partial charge in [0.2, 0.25) is 0 Å². The van der Waals surface area contributed by atoms with Gasteiger partial charge in [0.05, 0.1) is 0 Å². The highest BCUT2D eigenvalue weighted by Gasteiger charge is 2.03. The number of hydrogen-bond donors (Lipinski definition) is 2. The van der Waals surface area contributed by atoms with E-state index in [1.54, 1.807) is 0 Å². The fraction of sp³-hybridized carbons (Fsp3) is 0.182. The Labute approximate surface area is 144 Å². The molecule has 3 aromatic carbocycles. The predicted octanol–water partition coefficient (Wildman–Crippen LogP) is 6.41. The minimum Gasteiger partial charge on any atom is -0.355 e. The van der Waals surface area contributed by atoms with Crippen LogP contribution in [0.1, 0.15) is 22.3 Å². The fourth-order valence-corrected chi connectivity index (χ4v) is 2.70. The lowest BCUT2D eigenvalue weighted by atomic mass is 10.1. The van der Waals surface area contributed by atoms with E-state index in [-0.39, 0.29) is 0 Å². The lowest BCUT2D eigenvalue weighted by Gasteiger charge is -2.13. The molecule has 0 saturated carbocycles. The van der Waals surface area contributed by atoms with Crippen molar-refractivity contribution in [3.05, 3.63) is 82.9 Å². The zero-order valence-corrected chi connectivity index (χ0v) is 14.8. The van der Waals surface area contributed by atoms with Gasteiger partial charge in [-0.1, -0.05) is 24.3 Å². The molecule has 0 spiro atoms. The second-order valence-corrected chi connectivity index (χ2v) is 6.39. The molecule has 0 atom stereocenters. The Morgan fingerprint density at radius 3 is 1.88 bits per heavy atom. The summed E-state index contributed by atoms with van der Waals surface area (Å²) in [6.45, 7) is 8.52. The molecule has 0 fully saturated rings. The van der Waals surface area contributed by atoms with Crippen LogP contribution < -0.4 is 10.6 Å². The van der Waals surface area contributed by atoms with Crippen LogP contribution in [-0.2, 0) is 0 Å². The van der Waals surface area contributed by atoms with Gasteiger partial charge in [0.1, 0.15) is 0 Å². The van der Waals surface area contributed by atoms with Crippen molar-refractivity contribution < 1.29 is 0 Å². The summed E-state index contributed by atoms with van der Waals surface area (Å²) in [6, 6.07) is 21.2. The van der Waals surface area contributed by atoms with Gasteiger partial charge >= 0.3 is 0 Å². The molecule has 3 rings (SSSR count). The maximum atomic E-state index is 3.50. The first kappa shape index (κ1) is 16.1. The summed E-state index contributed by atoms with van der Waals surface area (Å²) < 4.78 is 0. The molecule has 0 aliphatic heterocycles. The summed E-state index contributed by atoms with van der Waals surface area (Å²) in [5.74, 6) is 0. The van der Waals surface area contributed by atoms with Crippen molar-refractivity contribution in [3.63, 3.8) is 0 Å². The van der Waals surface area contributed by atoms with Crippen molar-refractivity contribution in [2.45, 2.75) is 27.7 Å². The highest BCUT2D eigenvalue weighted by Crippen LogP contribution is 2.26. The number of aryl methyl sites for hydroxylation is 3. The molecule has 0 bridgehead atoms. The van der Waals surface area contributed by atoms with Crippen LogP contribution in [0.4, 0.5) is 22.7 Å². The van der Waals surface area contributed by atoms with Crippen LogP contribution >= 0.6 is 0 Å². The number of anilines is 4. The third-order valence-corrected chi connectivity index (χ3v) is 4.44. The van der Waals surface area contributed by atoms with Gasteiger partial charge in [-0.15, -0.1) is 0 Å². The largest absolute Gasteiger partial charge is 0.355 e. The van der Waals surface area contributed by atoms with Crippen molar-refractivity contribution in [1.82, 2.24) is 0 Å². The van der Waals surface area contributed by atoms with E-state index < -0.39 is 0 Å². The van der Waals surface area contributed by atoms with E-state index in [1.807, 2.05) is 0 Å². The number of rotatable bonds is 4. The van der Waals surface area contributed by atoms with Gasteiger partial charge in [0.15, 0.2) is 0 Å². The summed E-state index contributed by atoms with van der Waals surface area (Å²) >= 11 is 0. The molecule has 0 aliphatic rings. The summed E-state index contributed by atoms with van der Waals surface area (Å²) in [4.78, 5) is 0. The fourth-order valence-electron chi connectivity index (χ4n) is 2.70. The molecule has 0 amide bonds. The Balaban J connectivity index is 1.76. The van der Waals surface area contributed by atoms with Gasteiger partial charge in [-0.2, -0.15) is 0 Å². The van der Waals surface area contributed by atoms with Gasteiger partial charge in [0, 0.05) is 22.7 Å². The maximum absolute atomic E-state index is 3.50. The molecule has 0 aliphatic carbocycles. The molecule has 3 aromatic rings. The van der Waals surface area contributed by atoms with E-state index >= 15 is 0 Å². The van der Waals surface area contributed by atoms with Crippen molar-refractivity contribution in [2.75, 3.05) is 10.6 Å². The second-order valence-electron chi connectivity index (χ2n) is 6.39. The zero-order valence-electron chi connectivity index (χ0n) is 14.8. The highest BCUT2D eigenvalue weighted by atomic mass is 14.9. The molecule has 24 heavy (non-hydrogen) atoms. The van der Waals surface area contributed by atoms with E-state index in [4.69, 9.17) is 0 Å². The summed E-state index contributed by atoms with van der Waals surface area (Å²) in [6.07, 6.45) is 0. The molecule has 0 radical (unpaired) electrons. The van der Waals surface area contributed by atoms with Gasteiger partial charge in [-0.3, -0.25) is 0 Å². The molecule has 0 aromatic heterocycles. The van der Waals surface area contributed by atoms with E-state index in [1.165, 1.54) is 22.3 Å². The van der Waals surface area contributed by atoms with Gasteiger partial charge < -0.3 is 10.6 Å². The van der Waals surface area contributed by atoms with Crippen molar-refractivity contribution in [2.24, 2.45) is 0 Å². The Hall–Kier alpha value is -2.74. The van der Waals surface area contributed by atoms with Gasteiger partial charge in [0.25, 0.3) is 0 Å². The lowest BCUT2D eigenvalue weighted by molar-refractivity contribution is 1.33. The van der Waals surface area contributed by atoms with E-state index in [2.05, 4.69) is 99.0 Å². The monoisotopic (exact) mass is 316 g/mol. The van der Waals surface area contributed by atoms with Crippen LogP contribution in [0.3, 0.4) is 0 Å². The smallest absolute Gasteiger partial charge is 0.0416 e. The zero-order chi connectivity index (χ0) is 17.1. The third-order valence-electron chi connectivity index (χ3n) is 4.44. The first-order valence-corrected chi connectivity index (χ1v) is 8.30. The molecule has 2 heteroatoms. The average molecular weight is 316 g/mol. The third kappa shape index (κ3) is 3.60. The molecule has 2 nitrogen and oxygen atoms in total. The van der Waals surface area contributed by atoms with Crippen molar-refractivity contribution in [3.8, 4) is 0 Å². The summed E-state index contributed by atoms with van der Waals surface area (Å²) in [5, 5.41) is 6.99. The summed E-state index contributed by atoms with van der Waals surface area (Å²) in [5.41, 5.74) is 9.60. The molecule has 0 saturated heterocycles. The van der Waals surface area contributed by atoms with E-state index in [0.717, 1.165) is 22.7 Å². The molecule has 0 unspecified atom stereocenters. The van der Waals surface area contributed by atoms with Crippen LogP contribution in [0, 0.1) is 27.7 Å². The number of nitrogens with one attached hydrogen (secondary N) is 2. The van der Waals surface area contributed by atoms with Crippen LogP contribution in [0.2, 0.25) is 0 Å². The molecular weight excluding hydrogens is 292 g/mol. The average Bonchev–Trinajstić information content (AvgIpc) is 2.57. The normalized spacial score (nSPS) is 10.5. The van der Waals surface area contributed by atoms with Crippen molar-refractivity contribution >= 4 is 22.7 Å². The van der Waals surface area contributed by atoms with Gasteiger partial charge in [-0.05, 0) is 86.3 Å². The molecular formula is C22H24N2. The molecule has 122 valence electrons. The lowest BCUT2D eigenvalue weighted by Crippen LogP contribution is -1.96. The van der Waals surface area contributed by atoms with Crippen LogP contribution in [0.25, 0.3) is 0 Å². The predicted molar refractivity (Wildman–Crippen MR) is 105 cm³/mol. The first-order valence-electron chi connectivity index (χ1n) is 8.30. The summed E-state index contributed by atoms with van der Waals surface area (Å²) in [7, 11) is 0. The van der Waals surface area contributed by atoms with Crippen molar-refractivity contribution in [1.29, 1.82) is 0 Å². The van der Waals surface area contributed by atoms with Crippen LogP contribution in [-0.4, -0.2) is 0 Å². The standard InChI is InChI=1S/C22H24N2/c1-15-8-9-17(3)22(14-15)24-20-12-10-19(11-13-20)23-21-7-5-6-16(2)18(21)4/h5-14,23-24H,1-4H3. The number of hydrogen-bond acceptors (Lipinski definition) is 2. The minimum atomic E-state index is 1.09. The Morgan fingerprint density at radius 2 is 1.21 bits per heavy atom. The van der Waals surface area contributed by atoms with Gasteiger partial charge in [-0.25, -0.2) is 0 Å². The Bertz CT molecular complexity index is 825. The quantitative estimate of drug-likeness (QED) is 0.581. The van der Waals surface area contributed by atoms with Crippen LogP contribution in [0.15, 0.2) is 60.7 Å². The topological polar surface area (TPSA) is 24.1 Å². The molecule has 0 heterocycles. The Morgan fingerprint density at radius 1 is 0.583 bits per heavy atom. The van der Waals surface area contributed by atoms with E-state index in [0.29, 0.717) is 0 Å². The maximum Gasteiger partial charge on any atom is 0.0416 e. The Kier molecular flexibility index (Phi) is 4.57. The highest BCUT2D eigenvalue weighted by molar-refractivity contribution is 5.69. The molecule has 2 N–H and O–H groups in total. The first-order chi connectivity index (χ1) is 11.5. The second kappa shape index (κ2) is 6.79. The minimum absolute atomic E-state index is 1.09.